The van der Waals surface area contributed by atoms with E-state index >= 15 is 0 Å². The molecular weight excluding hydrogens is 384 g/mol. The molecule has 2 heterocycles. The third-order valence-electron chi connectivity index (χ3n) is 5.20. The van der Waals surface area contributed by atoms with Gasteiger partial charge in [-0.2, -0.15) is 8.42 Å². The third kappa shape index (κ3) is 3.93. The van der Waals surface area contributed by atoms with Crippen LogP contribution < -0.4 is 15.8 Å². The molecule has 1 aliphatic carbocycles. The number of carbonyl (C=O) groups is 2. The molecule has 1 aliphatic heterocycles. The minimum Gasteiger partial charge on any atom is -0.483 e. The van der Waals surface area contributed by atoms with Crippen molar-refractivity contribution >= 4 is 22.6 Å². The Balaban J connectivity index is 0.000000706. The number of hydrogen-bond donors (Lipinski definition) is 4. The number of amides is 1. The fourth-order valence-electron chi connectivity index (χ4n) is 3.77. The first-order valence-electron chi connectivity index (χ1n) is 8.69. The van der Waals surface area contributed by atoms with Gasteiger partial charge in [0.25, 0.3) is 12.4 Å². The lowest BCUT2D eigenvalue weighted by molar-refractivity contribution is -0.122. The molecule has 1 amide bonds. The summed E-state index contributed by atoms with van der Waals surface area (Å²) < 4.78 is 24.2. The summed E-state index contributed by atoms with van der Waals surface area (Å²) in [7, 11) is -3.83. The number of nitrogens with one attached hydrogen (secondary N) is 2. The van der Waals surface area contributed by atoms with Crippen LogP contribution in [0, 0.1) is 18.8 Å². The van der Waals surface area contributed by atoms with Crippen LogP contribution in [0.5, 0.6) is 0 Å². The van der Waals surface area contributed by atoms with E-state index in [0.29, 0.717) is 23.1 Å². The highest BCUT2D eigenvalue weighted by Gasteiger charge is 2.53. The first kappa shape index (κ1) is 20.1. The van der Waals surface area contributed by atoms with Gasteiger partial charge in [0.2, 0.25) is 0 Å². The minimum absolute atomic E-state index is 0.0928. The van der Waals surface area contributed by atoms with Crippen LogP contribution in [0.1, 0.15) is 16.1 Å². The Morgan fingerprint density at radius 2 is 1.96 bits per heavy atom. The second-order valence-electron chi connectivity index (χ2n) is 6.83. The fraction of sp³-hybridized carbons (Fsp3) is 0.333. The van der Waals surface area contributed by atoms with Crippen molar-refractivity contribution < 1.29 is 23.1 Å². The average Bonchev–Trinajstić information content (AvgIpc) is 3.01. The monoisotopic (exact) mass is 406 g/mol. The van der Waals surface area contributed by atoms with Crippen LogP contribution in [0.15, 0.2) is 36.5 Å². The number of carbonyl (C=O) groups excluding carboxylic acids is 1. The van der Waals surface area contributed by atoms with Crippen LogP contribution in [-0.4, -0.2) is 49.0 Å². The summed E-state index contributed by atoms with van der Waals surface area (Å²) in [4.78, 5) is 20.9. The van der Waals surface area contributed by atoms with Crippen molar-refractivity contribution in [3.05, 3.63) is 47.8 Å². The number of piperidine rings is 1. The standard InChI is InChI=1S/C17H20N4O3S.CH2O2/c1-10-13(5-6-21(10)25(18,23)24)11-3-2-4-12(7-11)17(22)20-16-14-8-19-9-15(14)16;2-1-3/h2-7,14-16,19H,8-9H2,1H3,(H,20,22)(H2,18,23,24);1H,(H,2,3). The molecule has 0 bridgehead atoms. The number of nitrogens with zero attached hydrogens (tertiary/aromatic N) is 1. The van der Waals surface area contributed by atoms with E-state index in [2.05, 4.69) is 10.6 Å². The largest absolute Gasteiger partial charge is 0.483 e. The van der Waals surface area contributed by atoms with E-state index in [1.165, 1.54) is 6.20 Å². The molecule has 0 spiro atoms. The zero-order chi connectivity index (χ0) is 20.5. The molecule has 1 saturated carbocycles. The highest BCUT2D eigenvalue weighted by atomic mass is 32.2. The summed E-state index contributed by atoms with van der Waals surface area (Å²) >= 11 is 0. The maximum atomic E-state index is 12.5. The molecule has 1 aromatic heterocycles. The van der Waals surface area contributed by atoms with Crippen molar-refractivity contribution in [3.8, 4) is 11.1 Å². The molecular formula is C18H22N4O5S. The van der Waals surface area contributed by atoms with Crippen molar-refractivity contribution in [1.82, 2.24) is 14.6 Å². The topological polar surface area (TPSA) is 144 Å². The lowest BCUT2D eigenvalue weighted by atomic mass is 10.0. The van der Waals surface area contributed by atoms with Crippen molar-refractivity contribution in [1.29, 1.82) is 0 Å². The molecule has 9 nitrogen and oxygen atoms in total. The normalized spacial score (nSPS) is 22.6. The summed E-state index contributed by atoms with van der Waals surface area (Å²) in [6, 6.07) is 9.15. The van der Waals surface area contributed by atoms with E-state index in [0.717, 1.165) is 28.2 Å². The van der Waals surface area contributed by atoms with E-state index in [9.17, 15) is 13.2 Å². The Hall–Kier alpha value is -2.69. The van der Waals surface area contributed by atoms with Crippen LogP contribution in [0.2, 0.25) is 0 Å². The van der Waals surface area contributed by atoms with Crippen molar-refractivity contribution in [2.24, 2.45) is 17.0 Å². The molecule has 2 atom stereocenters. The molecule has 2 fully saturated rings. The highest BCUT2D eigenvalue weighted by molar-refractivity contribution is 7.87. The van der Waals surface area contributed by atoms with Crippen molar-refractivity contribution in [2.45, 2.75) is 13.0 Å². The molecule has 4 rings (SSSR count). The van der Waals surface area contributed by atoms with Crippen molar-refractivity contribution in [3.63, 3.8) is 0 Å². The summed E-state index contributed by atoms with van der Waals surface area (Å²) in [5.41, 5.74) is 2.60. The fourth-order valence-corrected chi connectivity index (χ4v) is 4.48. The molecule has 10 heteroatoms. The van der Waals surface area contributed by atoms with Gasteiger partial charge in [0.1, 0.15) is 0 Å². The summed E-state index contributed by atoms with van der Waals surface area (Å²) in [5.74, 6) is 1.01. The molecule has 1 saturated heterocycles. The molecule has 2 unspecified atom stereocenters. The van der Waals surface area contributed by atoms with Crippen LogP contribution in [0.3, 0.4) is 0 Å². The summed E-state index contributed by atoms with van der Waals surface area (Å²) in [5, 5.41) is 18.5. The van der Waals surface area contributed by atoms with Crippen molar-refractivity contribution in [2.75, 3.05) is 13.1 Å². The zero-order valence-corrected chi connectivity index (χ0v) is 16.0. The predicted octanol–water partition coefficient (Wildman–Crippen LogP) is 0.164. The van der Waals surface area contributed by atoms with Gasteiger partial charge in [0.15, 0.2) is 0 Å². The molecule has 1 aromatic carbocycles. The van der Waals surface area contributed by atoms with Gasteiger partial charge in [-0.25, -0.2) is 9.11 Å². The van der Waals surface area contributed by atoms with E-state index in [4.69, 9.17) is 15.0 Å². The summed E-state index contributed by atoms with van der Waals surface area (Å²) in [6.07, 6.45) is 1.42. The smallest absolute Gasteiger partial charge is 0.302 e. The lowest BCUT2D eigenvalue weighted by Gasteiger charge is -2.09. The number of rotatable bonds is 4. The first-order chi connectivity index (χ1) is 13.3. The van der Waals surface area contributed by atoms with Crippen LogP contribution >= 0.6 is 0 Å². The maximum Gasteiger partial charge on any atom is 0.302 e. The molecule has 28 heavy (non-hydrogen) atoms. The minimum atomic E-state index is -3.83. The number of aromatic nitrogens is 1. The van der Waals surface area contributed by atoms with Gasteiger partial charge in [-0.15, -0.1) is 0 Å². The van der Waals surface area contributed by atoms with Crippen LogP contribution in [0.25, 0.3) is 11.1 Å². The second kappa shape index (κ2) is 7.74. The average molecular weight is 406 g/mol. The number of nitrogens with two attached hydrogens (primary N) is 1. The Kier molecular flexibility index (Phi) is 5.54. The van der Waals surface area contributed by atoms with Gasteiger partial charge in [-0.1, -0.05) is 12.1 Å². The molecule has 0 radical (unpaired) electrons. The highest BCUT2D eigenvalue weighted by Crippen LogP contribution is 2.41. The quantitative estimate of drug-likeness (QED) is 0.533. The molecule has 5 N–H and O–H groups in total. The Morgan fingerprint density at radius 1 is 1.32 bits per heavy atom. The van der Waals surface area contributed by atoms with E-state index in [1.54, 1.807) is 31.2 Å². The van der Waals surface area contributed by atoms with Gasteiger partial charge in [0.05, 0.1) is 0 Å². The van der Waals surface area contributed by atoms with E-state index in [-0.39, 0.29) is 18.4 Å². The molecule has 2 aromatic rings. The van der Waals surface area contributed by atoms with E-state index in [1.807, 2.05) is 6.07 Å². The number of carboxylic acid groups (broad SMARTS) is 1. The first-order valence-corrected chi connectivity index (χ1v) is 10.2. The van der Waals surface area contributed by atoms with E-state index < -0.39 is 10.2 Å². The predicted molar refractivity (Wildman–Crippen MR) is 103 cm³/mol. The van der Waals surface area contributed by atoms with Crippen LogP contribution in [0.4, 0.5) is 0 Å². The second-order valence-corrected chi connectivity index (χ2v) is 8.25. The number of fused-ring (bicyclic) bond motifs is 1. The Morgan fingerprint density at radius 3 is 2.54 bits per heavy atom. The lowest BCUT2D eigenvalue weighted by Crippen LogP contribution is -2.32. The Labute approximate surface area is 162 Å². The SMILES string of the molecule is Cc1c(-c2cccc(C(=O)NC3C4CNCC43)c2)ccn1S(N)(=O)=O.O=CO. The van der Waals surface area contributed by atoms with Gasteiger partial charge in [-0.3, -0.25) is 9.59 Å². The van der Waals surface area contributed by atoms with Gasteiger partial charge in [0, 0.05) is 42.1 Å². The molecule has 2 aliphatic rings. The zero-order valence-electron chi connectivity index (χ0n) is 15.2. The van der Waals surface area contributed by atoms with Gasteiger partial charge >= 0.3 is 10.2 Å². The summed E-state index contributed by atoms with van der Waals surface area (Å²) in [6.45, 7) is 3.37. The third-order valence-corrected chi connectivity index (χ3v) is 6.14. The maximum absolute atomic E-state index is 12.5. The molecule has 150 valence electrons. The number of benzene rings is 1. The number of hydrogen-bond acceptors (Lipinski definition) is 5. The van der Waals surface area contributed by atoms with Crippen LogP contribution in [-0.2, 0) is 15.0 Å². The van der Waals surface area contributed by atoms with Gasteiger partial charge < -0.3 is 15.7 Å². The van der Waals surface area contributed by atoms with Gasteiger partial charge in [-0.05, 0) is 42.5 Å². The Bertz CT molecular complexity index is 991.